The van der Waals surface area contributed by atoms with E-state index < -0.39 is 11.9 Å². The number of thiophene rings is 1. The minimum absolute atomic E-state index is 0.0212. The Labute approximate surface area is 269 Å². The van der Waals surface area contributed by atoms with Crippen molar-refractivity contribution in [2.45, 2.75) is 32.0 Å². The highest BCUT2D eigenvalue weighted by atomic mass is 32.1. The van der Waals surface area contributed by atoms with E-state index >= 15 is 0 Å². The number of benzene rings is 2. The maximum Gasteiger partial charge on any atom is 0.259 e. The van der Waals surface area contributed by atoms with E-state index in [4.69, 9.17) is 9.47 Å². The molecule has 0 saturated carbocycles. The number of hydrogen-bond donors (Lipinski definition) is 1. The lowest BCUT2D eigenvalue weighted by molar-refractivity contribution is -0.136. The van der Waals surface area contributed by atoms with Crippen LogP contribution in [0, 0.1) is 17.8 Å². The molecule has 1 atom stereocenters. The van der Waals surface area contributed by atoms with E-state index in [-0.39, 0.29) is 29.7 Å². The van der Waals surface area contributed by atoms with Gasteiger partial charge in [-0.05, 0) is 53.3 Å². The van der Waals surface area contributed by atoms with Gasteiger partial charge in [0.25, 0.3) is 11.5 Å². The molecule has 46 heavy (non-hydrogen) atoms. The second kappa shape index (κ2) is 11.8. The number of imide groups is 1. The molecule has 4 aromatic rings. The van der Waals surface area contributed by atoms with Gasteiger partial charge in [-0.1, -0.05) is 17.9 Å². The van der Waals surface area contributed by atoms with Crippen LogP contribution in [-0.2, 0) is 29.7 Å². The molecule has 10 nitrogen and oxygen atoms in total. The van der Waals surface area contributed by atoms with Crippen LogP contribution in [0.1, 0.15) is 39.9 Å². The minimum atomic E-state index is -0.632. The number of rotatable bonds is 6. The predicted octanol–water partition coefficient (Wildman–Crippen LogP) is 3.53. The zero-order chi connectivity index (χ0) is 32.1. The lowest BCUT2D eigenvalue weighted by Crippen LogP contribution is -2.52. The van der Waals surface area contributed by atoms with Crippen LogP contribution in [0.3, 0.4) is 0 Å². The van der Waals surface area contributed by atoms with Crippen LogP contribution in [0.25, 0.3) is 21.2 Å². The molecule has 5 heterocycles. The van der Waals surface area contributed by atoms with Crippen molar-refractivity contribution in [3.63, 3.8) is 0 Å². The van der Waals surface area contributed by atoms with Crippen molar-refractivity contribution in [3.05, 3.63) is 80.6 Å². The molecule has 11 heteroatoms. The topological polar surface area (TPSA) is 110 Å². The van der Waals surface area contributed by atoms with Crippen molar-refractivity contribution < 1.29 is 23.9 Å². The number of carbonyl (C=O) groups excluding carboxylic acids is 3. The smallest absolute Gasteiger partial charge is 0.259 e. The molecule has 234 valence electrons. The van der Waals surface area contributed by atoms with Crippen molar-refractivity contribution in [2.75, 3.05) is 27.3 Å². The number of likely N-dealkylation sites (tertiary alicyclic amines) is 1. The summed E-state index contributed by atoms with van der Waals surface area (Å²) in [7, 11) is 5.06. The number of hydrogen-bond acceptors (Lipinski definition) is 8. The van der Waals surface area contributed by atoms with Crippen LogP contribution in [0.4, 0.5) is 0 Å². The summed E-state index contributed by atoms with van der Waals surface area (Å²) in [5.41, 5.74) is 4.98. The van der Waals surface area contributed by atoms with Gasteiger partial charge in [-0.2, -0.15) is 0 Å². The third-order valence-corrected chi connectivity index (χ3v) is 9.94. The number of aryl methyl sites for hydroxylation is 1. The molecule has 1 unspecified atom stereocenters. The lowest BCUT2D eigenvalue weighted by atomic mass is 9.97. The first-order valence-corrected chi connectivity index (χ1v) is 16.0. The third kappa shape index (κ3) is 5.23. The summed E-state index contributed by atoms with van der Waals surface area (Å²) in [4.78, 5) is 53.5. The highest BCUT2D eigenvalue weighted by Gasteiger charge is 2.39. The van der Waals surface area contributed by atoms with Gasteiger partial charge < -0.3 is 18.9 Å². The summed E-state index contributed by atoms with van der Waals surface area (Å²) < 4.78 is 14.2. The zero-order valence-corrected chi connectivity index (χ0v) is 26.5. The maximum atomic E-state index is 13.1. The number of methoxy groups -OCH3 is 2. The number of nitrogens with zero attached hydrogens (tertiary/aromatic N) is 3. The molecule has 0 spiro atoms. The van der Waals surface area contributed by atoms with Gasteiger partial charge in [0, 0.05) is 73.2 Å². The van der Waals surface area contributed by atoms with Gasteiger partial charge in [0.1, 0.15) is 17.5 Å². The average Bonchev–Trinajstić information content (AvgIpc) is 3.65. The van der Waals surface area contributed by atoms with E-state index in [2.05, 4.69) is 22.1 Å². The molecule has 3 amide bonds. The number of carbonyl (C=O) groups is 3. The standard InChI is InChI=1S/C35H32N4O6S/c1-37-18-26(32-24(34(37)42)10-11-46-32)23-13-29(44-2)27(30(14-23)45-3)19-38-15-21(16-38)5-4-20-6-7-22-17-39(35(43)25(22)12-20)28-8-9-31(40)36-33(28)41/h6-7,10-14,18,21,28H,8-9,15-17,19H2,1-3H3,(H,36,40,41). The van der Waals surface area contributed by atoms with Crippen molar-refractivity contribution in [1.82, 2.24) is 19.7 Å². The Morgan fingerprint density at radius 3 is 2.48 bits per heavy atom. The Morgan fingerprint density at radius 1 is 1.00 bits per heavy atom. The Kier molecular flexibility index (Phi) is 7.63. The number of fused-ring (bicyclic) bond motifs is 2. The predicted molar refractivity (Wildman–Crippen MR) is 174 cm³/mol. The summed E-state index contributed by atoms with van der Waals surface area (Å²) in [5, 5.41) is 4.97. The highest BCUT2D eigenvalue weighted by Crippen LogP contribution is 2.39. The molecule has 0 radical (unpaired) electrons. The molecule has 1 N–H and O–H groups in total. The second-order valence-electron chi connectivity index (χ2n) is 11.9. The van der Waals surface area contributed by atoms with E-state index in [1.807, 2.05) is 41.9 Å². The molecule has 2 aromatic carbocycles. The van der Waals surface area contributed by atoms with Gasteiger partial charge in [-0.25, -0.2) is 0 Å². The first-order valence-electron chi connectivity index (χ1n) is 15.1. The SMILES string of the molecule is COc1cc(-c2cn(C)c(=O)c3ccsc23)cc(OC)c1CN1CC(C#Cc2ccc3c(c2)C(=O)N(C2CCC(=O)NC2=O)C3)C1. The van der Waals surface area contributed by atoms with E-state index in [0.717, 1.165) is 57.1 Å². The molecule has 2 saturated heterocycles. The number of pyridine rings is 1. The highest BCUT2D eigenvalue weighted by molar-refractivity contribution is 7.17. The molecule has 7 rings (SSSR count). The number of amides is 3. The normalized spacial score (nSPS) is 18.2. The molecule has 0 bridgehead atoms. The monoisotopic (exact) mass is 636 g/mol. The summed E-state index contributed by atoms with van der Waals surface area (Å²) in [5.74, 6) is 7.29. The van der Waals surface area contributed by atoms with Crippen molar-refractivity contribution >= 4 is 39.1 Å². The zero-order valence-electron chi connectivity index (χ0n) is 25.7. The Bertz CT molecular complexity index is 2020. The average molecular weight is 637 g/mol. The van der Waals surface area contributed by atoms with Crippen molar-refractivity contribution in [1.29, 1.82) is 0 Å². The fraction of sp³-hybridized carbons (Fsp3) is 0.314. The largest absolute Gasteiger partial charge is 0.496 e. The van der Waals surface area contributed by atoms with Crippen LogP contribution >= 0.6 is 11.3 Å². The lowest BCUT2D eigenvalue weighted by Gasteiger charge is -2.37. The van der Waals surface area contributed by atoms with Gasteiger partial charge in [0.15, 0.2) is 0 Å². The molecule has 3 aliphatic rings. The minimum Gasteiger partial charge on any atom is -0.496 e. The second-order valence-corrected chi connectivity index (χ2v) is 12.8. The number of ether oxygens (including phenoxy) is 2. The van der Waals surface area contributed by atoms with Crippen molar-refractivity contribution in [3.8, 4) is 34.5 Å². The van der Waals surface area contributed by atoms with Crippen LogP contribution in [0.5, 0.6) is 11.5 Å². The van der Waals surface area contributed by atoms with Crippen LogP contribution in [-0.4, -0.2) is 65.4 Å². The van der Waals surface area contributed by atoms with E-state index in [1.54, 1.807) is 48.1 Å². The molecule has 2 fully saturated rings. The Balaban J connectivity index is 1.03. The van der Waals surface area contributed by atoms with Crippen molar-refractivity contribution in [2.24, 2.45) is 13.0 Å². The molecule has 2 aromatic heterocycles. The van der Waals surface area contributed by atoms with E-state index in [0.29, 0.717) is 30.5 Å². The number of piperidine rings is 1. The van der Waals surface area contributed by atoms with Gasteiger partial charge in [0.2, 0.25) is 11.8 Å². The Hall–Kier alpha value is -4.92. The Morgan fingerprint density at radius 2 is 1.76 bits per heavy atom. The van der Waals surface area contributed by atoms with E-state index in [9.17, 15) is 19.2 Å². The quantitative estimate of drug-likeness (QED) is 0.255. The van der Waals surface area contributed by atoms with Gasteiger partial charge in [0.05, 0.1) is 25.2 Å². The molecular formula is C35H32N4O6S. The first kappa shape index (κ1) is 29.8. The third-order valence-electron chi connectivity index (χ3n) is 8.99. The van der Waals surface area contributed by atoms with Crippen LogP contribution < -0.4 is 20.3 Å². The first-order chi connectivity index (χ1) is 22.2. The fourth-order valence-corrected chi connectivity index (χ4v) is 7.44. The molecular weight excluding hydrogens is 604 g/mol. The fourth-order valence-electron chi connectivity index (χ4n) is 6.52. The summed E-state index contributed by atoms with van der Waals surface area (Å²) >= 11 is 1.54. The summed E-state index contributed by atoms with van der Waals surface area (Å²) in [6, 6.07) is 10.9. The maximum absolute atomic E-state index is 13.1. The summed E-state index contributed by atoms with van der Waals surface area (Å²) in [6.07, 6.45) is 2.43. The summed E-state index contributed by atoms with van der Waals surface area (Å²) in [6.45, 7) is 2.55. The van der Waals surface area contributed by atoms with Crippen LogP contribution in [0.15, 0.2) is 52.8 Å². The van der Waals surface area contributed by atoms with Gasteiger partial charge >= 0.3 is 0 Å². The van der Waals surface area contributed by atoms with Gasteiger partial charge in [-0.15, -0.1) is 11.3 Å². The molecule has 0 aliphatic carbocycles. The number of aromatic nitrogens is 1. The molecule has 3 aliphatic heterocycles. The van der Waals surface area contributed by atoms with Crippen LogP contribution in [0.2, 0.25) is 0 Å². The van der Waals surface area contributed by atoms with Gasteiger partial charge in [-0.3, -0.25) is 29.4 Å². The van der Waals surface area contributed by atoms with E-state index in [1.165, 1.54) is 0 Å². The number of nitrogens with one attached hydrogen (secondary N) is 1.